The lowest BCUT2D eigenvalue weighted by Crippen LogP contribution is -2.46. The normalized spacial score (nSPS) is 15.0. The molecule has 2 aromatic rings. The molecule has 144 valence electrons. The lowest BCUT2D eigenvalue weighted by molar-refractivity contribution is -0.115. The Morgan fingerprint density at radius 2 is 1.78 bits per heavy atom. The van der Waals surface area contributed by atoms with Crippen LogP contribution in [0.25, 0.3) is 0 Å². The Labute approximate surface area is 170 Å². The second-order valence-electron chi connectivity index (χ2n) is 6.52. The van der Waals surface area contributed by atoms with Gasteiger partial charge in [0.05, 0.1) is 16.4 Å². The van der Waals surface area contributed by atoms with Crippen LogP contribution in [0.5, 0.6) is 0 Å². The average molecular weight is 404 g/mol. The van der Waals surface area contributed by atoms with E-state index in [0.29, 0.717) is 12.2 Å². The summed E-state index contributed by atoms with van der Waals surface area (Å²) in [6, 6.07) is 15.8. The van der Waals surface area contributed by atoms with Gasteiger partial charge in [-0.05, 0) is 30.8 Å². The first-order valence-electron chi connectivity index (χ1n) is 9.41. The molecular formula is C21H26ClN3OS. The zero-order valence-electron chi connectivity index (χ0n) is 15.7. The zero-order chi connectivity index (χ0) is 19.1. The molecule has 0 unspecified atom stereocenters. The second kappa shape index (κ2) is 10.0. The molecule has 1 N–H and O–H groups in total. The van der Waals surface area contributed by atoms with E-state index in [2.05, 4.69) is 28.1 Å². The van der Waals surface area contributed by atoms with Gasteiger partial charge in [-0.1, -0.05) is 42.8 Å². The van der Waals surface area contributed by atoms with Gasteiger partial charge in [0, 0.05) is 43.2 Å². The number of para-hydroxylation sites is 2. The maximum atomic E-state index is 12.4. The van der Waals surface area contributed by atoms with Crippen molar-refractivity contribution in [1.82, 2.24) is 4.90 Å². The molecule has 1 fully saturated rings. The van der Waals surface area contributed by atoms with E-state index >= 15 is 0 Å². The van der Waals surface area contributed by atoms with E-state index in [1.54, 1.807) is 11.8 Å². The van der Waals surface area contributed by atoms with Crippen molar-refractivity contribution in [3.05, 3.63) is 53.6 Å². The lowest BCUT2D eigenvalue weighted by Gasteiger charge is -2.36. The molecule has 1 aliphatic rings. The molecule has 6 heteroatoms. The first kappa shape index (κ1) is 20.1. The molecule has 27 heavy (non-hydrogen) atoms. The van der Waals surface area contributed by atoms with Gasteiger partial charge in [-0.3, -0.25) is 4.79 Å². The fraction of sp³-hybridized carbons (Fsp3) is 0.381. The van der Waals surface area contributed by atoms with Crippen LogP contribution in [0, 0.1) is 0 Å². The first-order valence-corrected chi connectivity index (χ1v) is 10.8. The van der Waals surface area contributed by atoms with Gasteiger partial charge in [0.1, 0.15) is 0 Å². The van der Waals surface area contributed by atoms with Gasteiger partial charge in [0.15, 0.2) is 0 Å². The molecule has 0 saturated carbocycles. The van der Waals surface area contributed by atoms with Crippen LogP contribution in [0.2, 0.25) is 5.02 Å². The van der Waals surface area contributed by atoms with Crippen molar-refractivity contribution >= 4 is 40.6 Å². The number of nitrogens with zero attached hydrogens (tertiary/aromatic N) is 2. The van der Waals surface area contributed by atoms with Crippen molar-refractivity contribution in [1.29, 1.82) is 0 Å². The minimum Gasteiger partial charge on any atom is -0.367 e. The van der Waals surface area contributed by atoms with Crippen LogP contribution in [0.1, 0.15) is 13.3 Å². The van der Waals surface area contributed by atoms with E-state index in [1.807, 2.05) is 42.5 Å². The molecule has 3 rings (SSSR count). The fourth-order valence-corrected chi connectivity index (χ4v) is 4.38. The first-order chi connectivity index (χ1) is 13.2. The number of thioether (sulfide) groups is 1. The second-order valence-corrected chi connectivity index (χ2v) is 8.06. The number of anilines is 2. The summed E-state index contributed by atoms with van der Waals surface area (Å²) in [5, 5.41) is 3.83. The molecule has 0 spiro atoms. The molecule has 0 radical (unpaired) electrons. The highest BCUT2D eigenvalue weighted by atomic mass is 35.5. The summed E-state index contributed by atoms with van der Waals surface area (Å²) >= 11 is 7.78. The molecule has 0 atom stereocenters. The van der Waals surface area contributed by atoms with Gasteiger partial charge >= 0.3 is 0 Å². The smallest absolute Gasteiger partial charge is 0.225 e. The van der Waals surface area contributed by atoms with Crippen LogP contribution < -0.4 is 10.2 Å². The minimum atomic E-state index is 0.0363. The topological polar surface area (TPSA) is 35.6 Å². The highest BCUT2D eigenvalue weighted by Gasteiger charge is 2.18. The third-order valence-corrected chi connectivity index (χ3v) is 6.28. The van der Waals surface area contributed by atoms with Crippen molar-refractivity contribution in [3.8, 4) is 0 Å². The highest BCUT2D eigenvalue weighted by Crippen LogP contribution is 2.29. The maximum Gasteiger partial charge on any atom is 0.225 e. The van der Waals surface area contributed by atoms with Gasteiger partial charge in [-0.2, -0.15) is 0 Å². The van der Waals surface area contributed by atoms with Crippen molar-refractivity contribution in [2.75, 3.05) is 48.7 Å². The molecule has 2 aromatic carbocycles. The Morgan fingerprint density at radius 3 is 2.52 bits per heavy atom. The number of piperazine rings is 1. The van der Waals surface area contributed by atoms with Crippen molar-refractivity contribution in [3.63, 3.8) is 0 Å². The van der Waals surface area contributed by atoms with Crippen molar-refractivity contribution in [2.24, 2.45) is 0 Å². The zero-order valence-corrected chi connectivity index (χ0v) is 17.2. The monoisotopic (exact) mass is 403 g/mol. The Bertz CT molecular complexity index is 763. The largest absolute Gasteiger partial charge is 0.367 e. The van der Waals surface area contributed by atoms with Gasteiger partial charge < -0.3 is 15.1 Å². The Morgan fingerprint density at radius 1 is 1.07 bits per heavy atom. The fourth-order valence-electron chi connectivity index (χ4n) is 3.19. The van der Waals surface area contributed by atoms with Crippen molar-refractivity contribution < 1.29 is 4.79 Å². The van der Waals surface area contributed by atoms with E-state index in [4.69, 9.17) is 11.6 Å². The maximum absolute atomic E-state index is 12.4. The molecule has 1 saturated heterocycles. The van der Waals surface area contributed by atoms with Gasteiger partial charge in [-0.25, -0.2) is 0 Å². The third-order valence-electron chi connectivity index (χ3n) is 4.76. The van der Waals surface area contributed by atoms with Gasteiger partial charge in [0.25, 0.3) is 0 Å². The Balaban J connectivity index is 1.54. The van der Waals surface area contributed by atoms with Crippen LogP contribution >= 0.6 is 23.4 Å². The molecule has 0 aliphatic carbocycles. The molecular weight excluding hydrogens is 378 g/mol. The van der Waals surface area contributed by atoms with Gasteiger partial charge in [-0.15, -0.1) is 11.8 Å². The standard InChI is InChI=1S/C21H26ClN3OS/c1-2-24-12-14-25(15-13-24)19-9-5-4-8-18(19)23-21(26)11-16-27-20-10-6-3-7-17(20)22/h3-10H,2,11-16H2,1H3,(H,23,26). The predicted molar refractivity (Wildman–Crippen MR) is 116 cm³/mol. The summed E-state index contributed by atoms with van der Waals surface area (Å²) in [5.41, 5.74) is 2.01. The number of carbonyl (C=O) groups is 1. The number of halogens is 1. The molecule has 1 amide bonds. The Kier molecular flexibility index (Phi) is 7.44. The summed E-state index contributed by atoms with van der Waals surface area (Å²) in [7, 11) is 0. The van der Waals surface area contributed by atoms with Crippen LogP contribution in [0.4, 0.5) is 11.4 Å². The average Bonchev–Trinajstić information content (AvgIpc) is 2.70. The van der Waals surface area contributed by atoms with Gasteiger partial charge in [0.2, 0.25) is 5.91 Å². The summed E-state index contributed by atoms with van der Waals surface area (Å²) < 4.78 is 0. The number of nitrogens with one attached hydrogen (secondary N) is 1. The van der Waals surface area contributed by atoms with Crippen LogP contribution in [0.15, 0.2) is 53.4 Å². The number of amides is 1. The van der Waals surface area contributed by atoms with E-state index in [1.165, 1.54) is 0 Å². The number of carbonyl (C=O) groups excluding carboxylic acids is 1. The van der Waals surface area contributed by atoms with Crippen LogP contribution in [-0.4, -0.2) is 49.3 Å². The van der Waals surface area contributed by atoms with E-state index in [-0.39, 0.29) is 5.91 Å². The predicted octanol–water partition coefficient (Wildman–Crippen LogP) is 4.60. The SMILES string of the molecule is CCN1CCN(c2ccccc2NC(=O)CCSc2ccccc2Cl)CC1. The number of likely N-dealkylation sites (N-methyl/N-ethyl adjacent to an activating group) is 1. The lowest BCUT2D eigenvalue weighted by atomic mass is 10.2. The quantitative estimate of drug-likeness (QED) is 0.685. The molecule has 1 heterocycles. The number of hydrogen-bond donors (Lipinski definition) is 1. The number of benzene rings is 2. The minimum absolute atomic E-state index is 0.0363. The summed E-state index contributed by atoms with van der Waals surface area (Å²) in [4.78, 5) is 18.3. The van der Waals surface area contributed by atoms with E-state index in [0.717, 1.165) is 54.0 Å². The van der Waals surface area contributed by atoms with Crippen LogP contribution in [-0.2, 0) is 4.79 Å². The number of hydrogen-bond acceptors (Lipinski definition) is 4. The third kappa shape index (κ3) is 5.64. The highest BCUT2D eigenvalue weighted by molar-refractivity contribution is 7.99. The Hall–Kier alpha value is -1.69. The van der Waals surface area contributed by atoms with E-state index < -0.39 is 0 Å². The summed E-state index contributed by atoms with van der Waals surface area (Å²) in [6.45, 7) is 7.40. The summed E-state index contributed by atoms with van der Waals surface area (Å²) in [5.74, 6) is 0.738. The molecule has 1 aliphatic heterocycles. The molecule has 0 aromatic heterocycles. The summed E-state index contributed by atoms with van der Waals surface area (Å²) in [6.07, 6.45) is 0.452. The van der Waals surface area contributed by atoms with Crippen molar-refractivity contribution in [2.45, 2.75) is 18.2 Å². The molecule has 4 nitrogen and oxygen atoms in total. The van der Waals surface area contributed by atoms with Crippen LogP contribution in [0.3, 0.4) is 0 Å². The number of rotatable bonds is 7. The molecule has 0 bridgehead atoms. The van der Waals surface area contributed by atoms with E-state index in [9.17, 15) is 4.79 Å².